The Hall–Kier alpha value is -1.96. The summed E-state index contributed by atoms with van der Waals surface area (Å²) in [5, 5.41) is 10.7. The van der Waals surface area contributed by atoms with E-state index >= 15 is 0 Å². The maximum Gasteiger partial charge on any atom is 0.269 e. The second-order valence-corrected chi connectivity index (χ2v) is 8.34. The number of rotatable bonds is 5. The van der Waals surface area contributed by atoms with Crippen LogP contribution in [-0.4, -0.2) is 45.2 Å². The van der Waals surface area contributed by atoms with Crippen LogP contribution in [0.5, 0.6) is 0 Å². The highest BCUT2D eigenvalue weighted by atomic mass is 32.2. The minimum atomic E-state index is -0.377. The molecule has 2 aromatic rings. The van der Waals surface area contributed by atoms with Gasteiger partial charge in [-0.2, -0.15) is 0 Å². The summed E-state index contributed by atoms with van der Waals surface area (Å²) in [5.41, 5.74) is 3.81. The Kier molecular flexibility index (Phi) is 6.82. The summed E-state index contributed by atoms with van der Waals surface area (Å²) in [6, 6.07) is 15.4. The molecule has 1 aliphatic rings. The topological polar surface area (TPSA) is 49.6 Å². The fourth-order valence-corrected chi connectivity index (χ4v) is 4.20. The van der Waals surface area contributed by atoms with Crippen molar-refractivity contribution in [1.82, 2.24) is 9.80 Å². The van der Waals surface area contributed by atoms with Crippen molar-refractivity contribution >= 4 is 34.0 Å². The van der Waals surface area contributed by atoms with Crippen LogP contribution in [0.15, 0.2) is 48.5 Å². The van der Waals surface area contributed by atoms with Gasteiger partial charge in [0, 0.05) is 50.6 Å². The third-order valence-electron chi connectivity index (χ3n) is 4.67. The number of benzene rings is 2. The van der Waals surface area contributed by atoms with Crippen molar-refractivity contribution < 1.29 is 4.92 Å². The molecule has 27 heavy (non-hydrogen) atoms. The number of aryl methyl sites for hydroxylation is 1. The molecule has 0 amide bonds. The van der Waals surface area contributed by atoms with Crippen LogP contribution in [0.3, 0.4) is 0 Å². The summed E-state index contributed by atoms with van der Waals surface area (Å²) in [6.07, 6.45) is 0. The SMILES string of the molecule is Cc1ccc(CN2CCN(C(=S)SCc3ccc([N+](=O)[O-])cc3)CC2)cc1. The van der Waals surface area contributed by atoms with E-state index < -0.39 is 0 Å². The fraction of sp³-hybridized carbons (Fsp3) is 0.350. The lowest BCUT2D eigenvalue weighted by Gasteiger charge is -2.36. The first-order valence-electron chi connectivity index (χ1n) is 8.94. The highest BCUT2D eigenvalue weighted by Crippen LogP contribution is 2.20. The van der Waals surface area contributed by atoms with Gasteiger partial charge in [0.25, 0.3) is 5.69 Å². The average Bonchev–Trinajstić information content (AvgIpc) is 2.69. The molecular formula is C20H23N3O2S2. The number of hydrogen-bond acceptors (Lipinski definition) is 5. The summed E-state index contributed by atoms with van der Waals surface area (Å²) >= 11 is 7.21. The molecule has 3 rings (SSSR count). The molecule has 1 aliphatic heterocycles. The van der Waals surface area contributed by atoms with Gasteiger partial charge in [0.15, 0.2) is 0 Å². The molecule has 0 radical (unpaired) electrons. The predicted molar refractivity (Wildman–Crippen MR) is 115 cm³/mol. The summed E-state index contributed by atoms with van der Waals surface area (Å²) < 4.78 is 0.906. The molecule has 0 bridgehead atoms. The lowest BCUT2D eigenvalue weighted by Crippen LogP contribution is -2.47. The van der Waals surface area contributed by atoms with Crippen LogP contribution >= 0.6 is 24.0 Å². The molecule has 0 saturated carbocycles. The number of hydrogen-bond donors (Lipinski definition) is 0. The molecule has 0 aliphatic carbocycles. The smallest absolute Gasteiger partial charge is 0.269 e. The highest BCUT2D eigenvalue weighted by molar-refractivity contribution is 8.22. The highest BCUT2D eigenvalue weighted by Gasteiger charge is 2.19. The van der Waals surface area contributed by atoms with Crippen LogP contribution in [0, 0.1) is 17.0 Å². The molecule has 142 valence electrons. The van der Waals surface area contributed by atoms with E-state index in [0.29, 0.717) is 0 Å². The number of nitro groups is 1. The summed E-state index contributed by atoms with van der Waals surface area (Å²) in [6.45, 7) is 6.99. The number of piperazine rings is 1. The Bertz CT molecular complexity index is 786. The largest absolute Gasteiger partial charge is 0.355 e. The van der Waals surface area contributed by atoms with Crippen molar-refractivity contribution in [3.8, 4) is 0 Å². The van der Waals surface area contributed by atoms with E-state index in [2.05, 4.69) is 41.0 Å². The van der Waals surface area contributed by atoms with Crippen LogP contribution in [0.1, 0.15) is 16.7 Å². The van der Waals surface area contributed by atoms with Crippen molar-refractivity contribution in [1.29, 1.82) is 0 Å². The van der Waals surface area contributed by atoms with Crippen LogP contribution in [0.25, 0.3) is 0 Å². The summed E-state index contributed by atoms with van der Waals surface area (Å²) in [4.78, 5) is 15.1. The minimum Gasteiger partial charge on any atom is -0.355 e. The lowest BCUT2D eigenvalue weighted by atomic mass is 10.1. The van der Waals surface area contributed by atoms with E-state index in [1.54, 1.807) is 36.0 Å². The zero-order valence-corrected chi connectivity index (χ0v) is 17.0. The molecule has 1 fully saturated rings. The maximum absolute atomic E-state index is 10.7. The van der Waals surface area contributed by atoms with Crippen LogP contribution in [0.4, 0.5) is 5.69 Å². The van der Waals surface area contributed by atoms with Crippen molar-refractivity contribution in [3.05, 3.63) is 75.3 Å². The summed E-state index contributed by atoms with van der Waals surface area (Å²) in [7, 11) is 0. The average molecular weight is 402 g/mol. The van der Waals surface area contributed by atoms with E-state index in [4.69, 9.17) is 12.2 Å². The Morgan fingerprint density at radius 3 is 2.22 bits per heavy atom. The Labute approximate surface area is 169 Å². The molecule has 2 aromatic carbocycles. The number of non-ortho nitro benzene ring substituents is 1. The van der Waals surface area contributed by atoms with Gasteiger partial charge < -0.3 is 4.90 Å². The van der Waals surface area contributed by atoms with Crippen molar-refractivity contribution in [2.24, 2.45) is 0 Å². The van der Waals surface area contributed by atoms with Gasteiger partial charge in [-0.25, -0.2) is 0 Å². The quantitative estimate of drug-likeness (QED) is 0.424. The van der Waals surface area contributed by atoms with E-state index in [9.17, 15) is 10.1 Å². The van der Waals surface area contributed by atoms with Gasteiger partial charge in [-0.15, -0.1) is 0 Å². The van der Waals surface area contributed by atoms with Crippen LogP contribution in [-0.2, 0) is 12.3 Å². The number of thioether (sulfide) groups is 1. The molecular weight excluding hydrogens is 378 g/mol. The van der Waals surface area contributed by atoms with Gasteiger partial charge >= 0.3 is 0 Å². The third kappa shape index (κ3) is 5.76. The monoisotopic (exact) mass is 401 g/mol. The predicted octanol–water partition coefficient (Wildman–Crippen LogP) is 4.24. The normalized spacial score (nSPS) is 14.9. The second-order valence-electron chi connectivity index (χ2n) is 6.73. The molecule has 7 heteroatoms. The van der Waals surface area contributed by atoms with Crippen molar-refractivity contribution in [3.63, 3.8) is 0 Å². The Morgan fingerprint density at radius 2 is 1.63 bits per heavy atom. The van der Waals surface area contributed by atoms with Gasteiger partial charge in [-0.1, -0.05) is 65.9 Å². The second kappa shape index (κ2) is 9.30. The molecule has 1 heterocycles. The van der Waals surface area contributed by atoms with Crippen molar-refractivity contribution in [2.45, 2.75) is 19.2 Å². The van der Waals surface area contributed by atoms with Gasteiger partial charge in [0.2, 0.25) is 0 Å². The molecule has 0 N–H and O–H groups in total. The zero-order valence-electron chi connectivity index (χ0n) is 15.3. The van der Waals surface area contributed by atoms with E-state index in [1.165, 1.54) is 11.1 Å². The van der Waals surface area contributed by atoms with Gasteiger partial charge in [0.05, 0.1) is 4.92 Å². The lowest BCUT2D eigenvalue weighted by molar-refractivity contribution is -0.384. The van der Waals surface area contributed by atoms with E-state index in [1.807, 2.05) is 0 Å². The van der Waals surface area contributed by atoms with Crippen molar-refractivity contribution in [2.75, 3.05) is 26.2 Å². The third-order valence-corrected chi connectivity index (χ3v) is 6.26. The zero-order chi connectivity index (χ0) is 19.2. The first-order valence-corrected chi connectivity index (χ1v) is 10.3. The number of nitro benzene ring substituents is 1. The van der Waals surface area contributed by atoms with Gasteiger partial charge in [0.1, 0.15) is 4.32 Å². The fourth-order valence-electron chi connectivity index (χ4n) is 2.99. The Morgan fingerprint density at radius 1 is 1.04 bits per heavy atom. The van der Waals surface area contributed by atoms with Gasteiger partial charge in [-0.05, 0) is 18.1 Å². The molecule has 0 spiro atoms. The van der Waals surface area contributed by atoms with E-state index in [0.717, 1.165) is 48.4 Å². The van der Waals surface area contributed by atoms with Gasteiger partial charge in [-0.3, -0.25) is 15.0 Å². The number of thiocarbonyl (C=S) groups is 1. The first-order chi connectivity index (χ1) is 13.0. The standard InChI is InChI=1S/C20H23N3O2S2/c1-16-2-4-17(5-3-16)14-21-10-12-22(13-11-21)20(26)27-15-18-6-8-19(9-7-18)23(24)25/h2-9H,10-15H2,1H3. The first kappa shape index (κ1) is 19.8. The molecule has 0 atom stereocenters. The minimum absolute atomic E-state index is 0.121. The molecule has 0 unspecified atom stereocenters. The number of nitrogens with zero attached hydrogens (tertiary/aromatic N) is 3. The maximum atomic E-state index is 10.7. The van der Waals surface area contributed by atoms with Crippen LogP contribution in [0.2, 0.25) is 0 Å². The molecule has 0 aromatic heterocycles. The Balaban J connectivity index is 1.42. The molecule has 5 nitrogen and oxygen atoms in total. The van der Waals surface area contributed by atoms with Crippen LogP contribution < -0.4 is 0 Å². The van der Waals surface area contributed by atoms with E-state index in [-0.39, 0.29) is 10.6 Å². The summed E-state index contributed by atoms with van der Waals surface area (Å²) in [5.74, 6) is 0.737. The molecule has 1 saturated heterocycles.